The highest BCUT2D eigenvalue weighted by Gasteiger charge is 2.18. The summed E-state index contributed by atoms with van der Waals surface area (Å²) in [7, 11) is 0. The summed E-state index contributed by atoms with van der Waals surface area (Å²) in [5.74, 6) is 0.369. The van der Waals surface area contributed by atoms with Gasteiger partial charge in [0.05, 0.1) is 0 Å². The maximum atomic E-state index is 7.10. The van der Waals surface area contributed by atoms with E-state index in [1.807, 2.05) is 22.6 Å². The highest BCUT2D eigenvalue weighted by Crippen LogP contribution is 2.30. The molecule has 0 aromatic carbocycles. The van der Waals surface area contributed by atoms with Gasteiger partial charge in [0.15, 0.2) is 0 Å². The van der Waals surface area contributed by atoms with Gasteiger partial charge in [-0.05, 0) is 18.8 Å². The molecule has 0 spiro atoms. The van der Waals surface area contributed by atoms with Gasteiger partial charge in [0, 0.05) is 7.12 Å². The molecule has 0 unspecified atom stereocenters. The first kappa shape index (κ1) is 2.15. The van der Waals surface area contributed by atoms with E-state index in [9.17, 15) is 0 Å². The second kappa shape index (κ2) is 1.45. The van der Waals surface area contributed by atoms with Crippen LogP contribution in [-0.2, 0) is 0 Å². The molecule has 0 nitrogen and oxygen atoms in total. The first-order valence-electron chi connectivity index (χ1n) is 2.79. The third-order valence-corrected chi connectivity index (χ3v) is 1.61. The second-order valence-corrected chi connectivity index (χ2v) is 2.01. The smallest absolute Gasteiger partial charge is 0.0380 e. The van der Waals surface area contributed by atoms with E-state index < -0.39 is 4.38 Å². The lowest BCUT2D eigenvalue weighted by Gasteiger charge is -1.70. The van der Waals surface area contributed by atoms with Crippen LogP contribution in [0, 0.1) is 5.92 Å². The molecule has 30 valence electrons. The molecular formula is C4H7I. The third kappa shape index (κ3) is 1.07. The Morgan fingerprint density at radius 1 is 2.00 bits per heavy atom. The summed E-state index contributed by atoms with van der Waals surface area (Å²) in [4.78, 5) is 0. The van der Waals surface area contributed by atoms with Gasteiger partial charge in [-0.1, -0.05) is 22.6 Å². The molecule has 0 saturated heterocycles. The summed E-state index contributed by atoms with van der Waals surface area (Å²) in [5, 5.41) is 0. The fourth-order valence-corrected chi connectivity index (χ4v) is 0.815. The summed E-state index contributed by atoms with van der Waals surface area (Å²) >= 11 is 1.86. The van der Waals surface area contributed by atoms with Gasteiger partial charge < -0.3 is 0 Å². The van der Waals surface area contributed by atoms with E-state index in [4.69, 9.17) is 2.74 Å². The molecule has 0 bridgehead atoms. The van der Waals surface area contributed by atoms with Gasteiger partial charge in [0.25, 0.3) is 0 Å². The van der Waals surface area contributed by atoms with Gasteiger partial charge in [-0.25, -0.2) is 0 Å². The Labute approximate surface area is 48.9 Å². The Morgan fingerprint density at radius 3 is 2.60 bits per heavy atom. The molecule has 1 saturated carbocycles. The van der Waals surface area contributed by atoms with Crippen molar-refractivity contribution in [3.8, 4) is 0 Å². The van der Waals surface area contributed by atoms with Crippen LogP contribution in [0.2, 0.25) is 0 Å². The largest absolute Gasteiger partial charge is 0.0861 e. The van der Waals surface area contributed by atoms with E-state index in [1.165, 1.54) is 0 Å². The van der Waals surface area contributed by atoms with E-state index in [0.29, 0.717) is 5.92 Å². The van der Waals surface area contributed by atoms with E-state index in [-0.39, 0.29) is 0 Å². The Kier molecular flexibility index (Phi) is 0.623. The first-order chi connectivity index (χ1) is 3.11. The minimum Gasteiger partial charge on any atom is -0.0861 e. The van der Waals surface area contributed by atoms with E-state index in [2.05, 4.69) is 0 Å². The van der Waals surface area contributed by atoms with Crippen LogP contribution in [0.15, 0.2) is 0 Å². The average molecular weight is 184 g/mol. The summed E-state index contributed by atoms with van der Waals surface area (Å²) in [6, 6.07) is 0. The van der Waals surface area contributed by atoms with Crippen LogP contribution >= 0.6 is 22.6 Å². The van der Waals surface area contributed by atoms with Crippen LogP contribution in [0.5, 0.6) is 0 Å². The zero-order valence-electron chi connectivity index (χ0n) is 4.87. The number of hydrogen-bond acceptors (Lipinski definition) is 0. The fourth-order valence-electron chi connectivity index (χ4n) is 0.192. The number of rotatable bonds is 1. The molecule has 0 N–H and O–H groups in total. The average Bonchev–Trinajstić information content (AvgIpc) is 1.99. The molecule has 0 atom stereocenters. The molecule has 1 fully saturated rings. The van der Waals surface area contributed by atoms with Crippen molar-refractivity contribution in [2.45, 2.75) is 12.8 Å². The minimum absolute atomic E-state index is 0.369. The summed E-state index contributed by atoms with van der Waals surface area (Å²) in [6.07, 6.45) is 2.19. The SMILES string of the molecule is [2H]C([2H])(I)C1CC1. The topological polar surface area (TPSA) is 0 Å². The Bertz CT molecular complexity index is 72.2. The molecule has 0 heterocycles. The van der Waals surface area contributed by atoms with Gasteiger partial charge in [-0.2, -0.15) is 0 Å². The highest BCUT2D eigenvalue weighted by molar-refractivity contribution is 14.1. The Hall–Kier alpha value is 0.730. The molecule has 1 aliphatic rings. The van der Waals surface area contributed by atoms with Crippen molar-refractivity contribution < 1.29 is 2.74 Å². The van der Waals surface area contributed by atoms with Crippen molar-refractivity contribution in [3.05, 3.63) is 0 Å². The van der Waals surface area contributed by atoms with Gasteiger partial charge >= 0.3 is 0 Å². The monoisotopic (exact) mass is 184 g/mol. The third-order valence-electron chi connectivity index (χ3n) is 0.732. The Balaban J connectivity index is 2.36. The lowest BCUT2D eigenvalue weighted by Crippen LogP contribution is -1.66. The number of hydrogen-bond donors (Lipinski definition) is 0. The molecule has 1 aliphatic carbocycles. The molecule has 0 amide bonds. The predicted octanol–water partition coefficient (Wildman–Crippen LogP) is 1.83. The van der Waals surface area contributed by atoms with E-state index in [1.54, 1.807) is 0 Å². The van der Waals surface area contributed by atoms with Gasteiger partial charge in [-0.3, -0.25) is 0 Å². The van der Waals surface area contributed by atoms with Crippen LogP contribution < -0.4 is 0 Å². The molecule has 1 rings (SSSR count). The van der Waals surface area contributed by atoms with Crippen molar-refractivity contribution >= 4 is 22.6 Å². The maximum absolute atomic E-state index is 7.10. The van der Waals surface area contributed by atoms with Crippen molar-refractivity contribution in [1.29, 1.82) is 0 Å². The summed E-state index contributed by atoms with van der Waals surface area (Å²) < 4.78 is 13.3. The quantitative estimate of drug-likeness (QED) is 0.430. The molecule has 0 aromatic rings. The first-order valence-corrected chi connectivity index (χ1v) is 2.87. The molecule has 0 radical (unpaired) electrons. The fraction of sp³-hybridized carbons (Fsp3) is 1.00. The van der Waals surface area contributed by atoms with Crippen LogP contribution in [0.4, 0.5) is 0 Å². The zero-order chi connectivity index (χ0) is 5.49. The van der Waals surface area contributed by atoms with Crippen molar-refractivity contribution in [3.63, 3.8) is 0 Å². The molecular weight excluding hydrogens is 175 g/mol. The molecule has 1 heteroatoms. The minimum atomic E-state index is -0.919. The van der Waals surface area contributed by atoms with Gasteiger partial charge in [0.1, 0.15) is 0 Å². The molecule has 5 heavy (non-hydrogen) atoms. The second-order valence-electron chi connectivity index (χ2n) is 1.38. The van der Waals surface area contributed by atoms with Crippen molar-refractivity contribution in [2.75, 3.05) is 4.38 Å². The predicted molar refractivity (Wildman–Crippen MR) is 31.6 cm³/mol. The van der Waals surface area contributed by atoms with Crippen molar-refractivity contribution in [1.82, 2.24) is 0 Å². The van der Waals surface area contributed by atoms with Crippen molar-refractivity contribution in [2.24, 2.45) is 5.92 Å². The summed E-state index contributed by atoms with van der Waals surface area (Å²) in [6.45, 7) is 0. The van der Waals surface area contributed by atoms with E-state index in [0.717, 1.165) is 12.8 Å². The lowest BCUT2D eigenvalue weighted by molar-refractivity contribution is 1.02. The van der Waals surface area contributed by atoms with Crippen LogP contribution in [0.1, 0.15) is 15.6 Å². The number of alkyl halides is 1. The normalized spacial score (nSPS) is 32.2. The Morgan fingerprint density at radius 2 is 2.60 bits per heavy atom. The lowest BCUT2D eigenvalue weighted by atomic mass is 10.5. The molecule has 0 aliphatic heterocycles. The standard InChI is InChI=1S/C4H7I/c5-3-4-1-2-4/h4H,1-3H2/i3D2. The van der Waals surface area contributed by atoms with E-state index >= 15 is 0 Å². The number of halogens is 1. The van der Waals surface area contributed by atoms with Crippen LogP contribution in [0.25, 0.3) is 0 Å². The van der Waals surface area contributed by atoms with Crippen LogP contribution in [0.3, 0.4) is 0 Å². The van der Waals surface area contributed by atoms with Gasteiger partial charge in [0.2, 0.25) is 0 Å². The van der Waals surface area contributed by atoms with Gasteiger partial charge in [-0.15, -0.1) is 0 Å². The zero-order valence-corrected chi connectivity index (χ0v) is 5.03. The molecule has 0 aromatic heterocycles. The summed E-state index contributed by atoms with van der Waals surface area (Å²) in [5.41, 5.74) is 0. The van der Waals surface area contributed by atoms with Crippen LogP contribution in [-0.4, -0.2) is 4.38 Å². The maximum Gasteiger partial charge on any atom is 0.0380 e. The highest BCUT2D eigenvalue weighted by atomic mass is 127.